The molecule has 6 heteroatoms. The van der Waals surface area contributed by atoms with E-state index in [0.29, 0.717) is 10.4 Å². The molecule has 0 aliphatic carbocycles. The van der Waals surface area contributed by atoms with Crippen molar-refractivity contribution in [3.63, 3.8) is 0 Å². The van der Waals surface area contributed by atoms with E-state index >= 15 is 0 Å². The van der Waals surface area contributed by atoms with E-state index < -0.39 is 12.0 Å². The van der Waals surface area contributed by atoms with Crippen molar-refractivity contribution in [1.29, 1.82) is 0 Å². The molecule has 0 aliphatic heterocycles. The van der Waals surface area contributed by atoms with Crippen LogP contribution in [0.15, 0.2) is 24.3 Å². The van der Waals surface area contributed by atoms with Gasteiger partial charge < -0.3 is 4.74 Å². The highest BCUT2D eigenvalue weighted by atomic mass is 79.9. The quantitative estimate of drug-likeness (QED) is 0.874. The number of para-hydroxylation sites is 1. The van der Waals surface area contributed by atoms with Crippen LogP contribution in [0.1, 0.15) is 6.42 Å². The minimum absolute atomic E-state index is 0.206. The van der Waals surface area contributed by atoms with Crippen LogP contribution >= 0.6 is 27.5 Å². The maximum atomic E-state index is 11.2. The molecule has 0 atom stereocenters. The van der Waals surface area contributed by atoms with Crippen LogP contribution in [0.5, 0.6) is 5.75 Å². The molecule has 1 aromatic carbocycles. The second-order valence-electron chi connectivity index (χ2n) is 2.81. The molecule has 0 fully saturated rings. The van der Waals surface area contributed by atoms with E-state index in [-0.39, 0.29) is 12.2 Å². The van der Waals surface area contributed by atoms with Crippen molar-refractivity contribution >= 4 is 39.5 Å². The number of benzene rings is 1. The minimum atomic E-state index is -0.834. The number of nitrogens with one attached hydrogen (secondary N) is 1. The predicted molar refractivity (Wildman–Crippen MR) is 64.0 cm³/mol. The summed E-state index contributed by atoms with van der Waals surface area (Å²) < 4.78 is 4.84. The first-order valence-electron chi connectivity index (χ1n) is 4.45. The van der Waals surface area contributed by atoms with Crippen molar-refractivity contribution in [3.05, 3.63) is 29.3 Å². The van der Waals surface area contributed by atoms with Crippen molar-refractivity contribution in [1.82, 2.24) is 5.32 Å². The summed E-state index contributed by atoms with van der Waals surface area (Å²) in [6.07, 6.45) is -0.628. The summed E-state index contributed by atoms with van der Waals surface area (Å²) in [5.74, 6) is -0.192. The number of halogens is 2. The fraction of sp³-hybridized carbons (Fsp3) is 0.200. The fourth-order valence-corrected chi connectivity index (χ4v) is 1.45. The summed E-state index contributed by atoms with van der Waals surface area (Å²) in [6.45, 7) is 0. The predicted octanol–water partition coefficient (Wildman–Crippen LogP) is 2.74. The Kier molecular flexibility index (Phi) is 5.28. The first-order valence-corrected chi connectivity index (χ1v) is 5.95. The van der Waals surface area contributed by atoms with Crippen LogP contribution in [-0.2, 0) is 4.79 Å². The monoisotopic (exact) mass is 305 g/mol. The van der Waals surface area contributed by atoms with Crippen molar-refractivity contribution < 1.29 is 14.3 Å². The first-order chi connectivity index (χ1) is 7.63. The fourth-order valence-electron chi connectivity index (χ4n) is 0.915. The molecule has 0 aliphatic rings. The van der Waals surface area contributed by atoms with Gasteiger partial charge in [-0.1, -0.05) is 39.7 Å². The van der Waals surface area contributed by atoms with Gasteiger partial charge in [0.15, 0.2) is 5.75 Å². The minimum Gasteiger partial charge on any atom is -0.408 e. The van der Waals surface area contributed by atoms with Gasteiger partial charge in [-0.05, 0) is 12.1 Å². The summed E-state index contributed by atoms with van der Waals surface area (Å²) >= 11 is 8.85. The number of hydrogen-bond donors (Lipinski definition) is 1. The van der Waals surface area contributed by atoms with E-state index in [1.54, 1.807) is 18.2 Å². The van der Waals surface area contributed by atoms with Gasteiger partial charge >= 0.3 is 6.09 Å². The lowest BCUT2D eigenvalue weighted by Crippen LogP contribution is -2.33. The van der Waals surface area contributed by atoms with Gasteiger partial charge in [0, 0.05) is 11.8 Å². The normalized spacial score (nSPS) is 9.62. The van der Waals surface area contributed by atoms with Gasteiger partial charge in [0.1, 0.15) is 0 Å². The highest BCUT2D eigenvalue weighted by molar-refractivity contribution is 9.09. The third kappa shape index (κ3) is 4.20. The Balaban J connectivity index is 2.52. The van der Waals surface area contributed by atoms with E-state index in [2.05, 4.69) is 21.2 Å². The Morgan fingerprint density at radius 3 is 2.69 bits per heavy atom. The van der Waals surface area contributed by atoms with Gasteiger partial charge in [0.25, 0.3) is 0 Å². The molecular formula is C10H9BrClNO3. The topological polar surface area (TPSA) is 55.4 Å². The third-order valence-corrected chi connectivity index (χ3v) is 2.31. The summed E-state index contributed by atoms with van der Waals surface area (Å²) in [7, 11) is 0. The number of hydrogen-bond acceptors (Lipinski definition) is 3. The molecule has 0 saturated heterocycles. The zero-order valence-corrected chi connectivity index (χ0v) is 10.5. The van der Waals surface area contributed by atoms with Gasteiger partial charge in [0.2, 0.25) is 5.91 Å². The van der Waals surface area contributed by atoms with Crippen LogP contribution < -0.4 is 10.1 Å². The molecule has 0 spiro atoms. The smallest absolute Gasteiger partial charge is 0.408 e. The van der Waals surface area contributed by atoms with Crippen LogP contribution in [0.2, 0.25) is 5.02 Å². The van der Waals surface area contributed by atoms with E-state index in [9.17, 15) is 9.59 Å². The lowest BCUT2D eigenvalue weighted by molar-refractivity contribution is -0.119. The largest absolute Gasteiger partial charge is 0.419 e. The Morgan fingerprint density at radius 2 is 2.06 bits per heavy atom. The van der Waals surface area contributed by atoms with Crippen LogP contribution in [0.3, 0.4) is 0 Å². The molecule has 0 unspecified atom stereocenters. The number of rotatable bonds is 3. The van der Waals surface area contributed by atoms with Crippen molar-refractivity contribution in [3.8, 4) is 5.75 Å². The average Bonchev–Trinajstić information content (AvgIpc) is 2.21. The second-order valence-corrected chi connectivity index (χ2v) is 4.01. The summed E-state index contributed by atoms with van der Waals surface area (Å²) in [6, 6.07) is 6.51. The SMILES string of the molecule is O=C(CCBr)NC(=O)Oc1ccccc1Cl. The number of carbonyl (C=O) groups is 2. The molecule has 0 radical (unpaired) electrons. The van der Waals surface area contributed by atoms with E-state index in [4.69, 9.17) is 16.3 Å². The Morgan fingerprint density at radius 1 is 1.38 bits per heavy atom. The number of alkyl halides is 1. The molecular weight excluding hydrogens is 297 g/mol. The molecule has 86 valence electrons. The van der Waals surface area contributed by atoms with E-state index in [1.165, 1.54) is 6.07 Å². The average molecular weight is 307 g/mol. The van der Waals surface area contributed by atoms with Crippen molar-refractivity contribution in [2.24, 2.45) is 0 Å². The maximum absolute atomic E-state index is 11.2. The summed E-state index contributed by atoms with van der Waals surface area (Å²) in [4.78, 5) is 22.3. The molecule has 4 nitrogen and oxygen atoms in total. The zero-order valence-electron chi connectivity index (χ0n) is 8.20. The molecule has 1 N–H and O–H groups in total. The molecule has 0 bridgehead atoms. The number of ether oxygens (including phenoxy) is 1. The van der Waals surface area contributed by atoms with Gasteiger partial charge in [-0.2, -0.15) is 0 Å². The van der Waals surface area contributed by atoms with E-state index in [0.717, 1.165) is 0 Å². The van der Waals surface area contributed by atoms with Crippen molar-refractivity contribution in [2.75, 3.05) is 5.33 Å². The van der Waals surface area contributed by atoms with Crippen molar-refractivity contribution in [2.45, 2.75) is 6.42 Å². The summed E-state index contributed by atoms with van der Waals surface area (Å²) in [5, 5.41) is 2.86. The molecule has 0 aromatic heterocycles. The number of amides is 2. The lowest BCUT2D eigenvalue weighted by Gasteiger charge is -2.06. The van der Waals surface area contributed by atoms with Gasteiger partial charge in [-0.3, -0.25) is 10.1 Å². The third-order valence-electron chi connectivity index (χ3n) is 1.60. The van der Waals surface area contributed by atoms with Crippen LogP contribution in [-0.4, -0.2) is 17.3 Å². The second kappa shape index (κ2) is 6.50. The van der Waals surface area contributed by atoms with Gasteiger partial charge in [-0.25, -0.2) is 4.79 Å². The Labute approximate surface area is 106 Å². The number of carbonyl (C=O) groups excluding carboxylic acids is 2. The zero-order chi connectivity index (χ0) is 12.0. The van der Waals surface area contributed by atoms with Crippen LogP contribution in [0, 0.1) is 0 Å². The Bertz CT molecular complexity index is 397. The molecule has 0 heterocycles. The van der Waals surface area contributed by atoms with Gasteiger partial charge in [0.05, 0.1) is 5.02 Å². The number of imide groups is 1. The van der Waals surface area contributed by atoms with Gasteiger partial charge in [-0.15, -0.1) is 0 Å². The van der Waals surface area contributed by atoms with Crippen LogP contribution in [0.4, 0.5) is 4.79 Å². The molecule has 2 amide bonds. The molecule has 16 heavy (non-hydrogen) atoms. The lowest BCUT2D eigenvalue weighted by atomic mass is 10.3. The molecule has 1 rings (SSSR count). The Hall–Kier alpha value is -1.07. The standard InChI is InChI=1S/C10H9BrClNO3/c11-6-5-9(14)13-10(15)16-8-4-2-1-3-7(8)12/h1-4H,5-6H2,(H,13,14,15). The molecule has 0 saturated carbocycles. The van der Waals surface area contributed by atoms with E-state index in [1.807, 2.05) is 0 Å². The first kappa shape index (κ1) is 13.0. The summed E-state index contributed by atoms with van der Waals surface area (Å²) in [5.41, 5.74) is 0. The highest BCUT2D eigenvalue weighted by Gasteiger charge is 2.10. The highest BCUT2D eigenvalue weighted by Crippen LogP contribution is 2.22. The van der Waals surface area contributed by atoms with Crippen LogP contribution in [0.25, 0.3) is 0 Å². The maximum Gasteiger partial charge on any atom is 0.419 e. The molecule has 1 aromatic rings.